The quantitative estimate of drug-likeness (QED) is 0.385. The molecular weight excluding hydrogens is 300 g/mol. The van der Waals surface area contributed by atoms with Crippen molar-refractivity contribution in [3.8, 4) is 0 Å². The number of ketones is 1. The molecule has 0 aromatic heterocycles. The van der Waals surface area contributed by atoms with Crippen molar-refractivity contribution in [1.29, 1.82) is 0 Å². The van der Waals surface area contributed by atoms with Crippen LogP contribution in [-0.4, -0.2) is 17.7 Å². The van der Waals surface area contributed by atoms with Gasteiger partial charge in [-0.15, -0.1) is 0 Å². The maximum atomic E-state index is 12.4. The van der Waals surface area contributed by atoms with Crippen molar-refractivity contribution in [2.75, 3.05) is 5.43 Å². The Bertz CT molecular complexity index is 706. The van der Waals surface area contributed by atoms with Gasteiger partial charge < -0.3 is 5.84 Å². The Kier molecular flexibility index (Phi) is 5.27. The molecule has 2 aromatic rings. The van der Waals surface area contributed by atoms with Crippen LogP contribution >= 0.6 is 11.6 Å². The van der Waals surface area contributed by atoms with Crippen molar-refractivity contribution >= 4 is 35.0 Å². The Hall–Kier alpha value is -2.66. The molecule has 112 valence electrons. The largest absolute Gasteiger partial charge is 0.323 e. The lowest BCUT2D eigenvalue weighted by Crippen LogP contribution is -2.18. The molecule has 0 heterocycles. The minimum Gasteiger partial charge on any atom is -0.323 e. The van der Waals surface area contributed by atoms with Gasteiger partial charge in [-0.1, -0.05) is 29.3 Å². The number of halogens is 1. The van der Waals surface area contributed by atoms with E-state index in [1.165, 1.54) is 6.21 Å². The average Bonchev–Trinajstić information content (AvgIpc) is 2.53. The minimum atomic E-state index is -0.300. The molecule has 0 aliphatic carbocycles. The number of hydrogen-bond acceptors (Lipinski definition) is 5. The van der Waals surface area contributed by atoms with E-state index >= 15 is 0 Å². The number of carbonyl (C=O) groups excluding carboxylic acids is 1. The highest BCUT2D eigenvalue weighted by Gasteiger charge is 2.12. The number of benzene rings is 2. The number of Topliss-reactive ketones (excluding diaryl/α,β-unsaturated/α-hetero) is 1. The molecule has 22 heavy (non-hydrogen) atoms. The fourth-order valence-corrected chi connectivity index (χ4v) is 1.84. The van der Waals surface area contributed by atoms with E-state index in [2.05, 4.69) is 15.6 Å². The lowest BCUT2D eigenvalue weighted by atomic mass is 10.1. The molecule has 2 aromatic carbocycles. The van der Waals surface area contributed by atoms with Gasteiger partial charge >= 0.3 is 0 Å². The fraction of sp³-hybridized carbons (Fsp3) is 0.0625. The van der Waals surface area contributed by atoms with E-state index in [1.54, 1.807) is 24.3 Å². The first-order chi connectivity index (χ1) is 10.6. The SMILES string of the molecule is Cc1ccc(N/N=C(/C=N\N)C(=O)c2ccc(Cl)cc2)cc1. The van der Waals surface area contributed by atoms with Crippen LogP contribution in [0.2, 0.25) is 5.02 Å². The van der Waals surface area contributed by atoms with E-state index in [0.29, 0.717) is 10.6 Å². The minimum absolute atomic E-state index is 0.102. The number of anilines is 1. The third-order valence-electron chi connectivity index (χ3n) is 2.89. The lowest BCUT2D eigenvalue weighted by Gasteiger charge is -2.04. The van der Waals surface area contributed by atoms with Crippen LogP contribution in [0, 0.1) is 6.92 Å². The summed E-state index contributed by atoms with van der Waals surface area (Å²) < 4.78 is 0. The third-order valence-corrected chi connectivity index (χ3v) is 3.14. The highest BCUT2D eigenvalue weighted by molar-refractivity contribution is 6.64. The molecule has 3 N–H and O–H groups in total. The Balaban J connectivity index is 2.21. The first-order valence-corrected chi connectivity index (χ1v) is 6.92. The molecule has 0 atom stereocenters. The van der Waals surface area contributed by atoms with Gasteiger partial charge in [0.25, 0.3) is 0 Å². The summed E-state index contributed by atoms with van der Waals surface area (Å²) in [5.74, 6) is 4.85. The molecule has 0 unspecified atom stereocenters. The molecule has 0 radical (unpaired) electrons. The van der Waals surface area contributed by atoms with Crippen LogP contribution in [0.15, 0.2) is 58.7 Å². The van der Waals surface area contributed by atoms with E-state index in [-0.39, 0.29) is 11.5 Å². The second-order valence-electron chi connectivity index (χ2n) is 4.59. The topological polar surface area (TPSA) is 79.8 Å². The van der Waals surface area contributed by atoms with Crippen LogP contribution in [0.25, 0.3) is 0 Å². The van der Waals surface area contributed by atoms with Gasteiger partial charge in [0.05, 0.1) is 11.9 Å². The fourth-order valence-electron chi connectivity index (χ4n) is 1.71. The second kappa shape index (κ2) is 7.38. The number of rotatable bonds is 5. The Morgan fingerprint density at radius 2 is 1.77 bits per heavy atom. The summed E-state index contributed by atoms with van der Waals surface area (Å²) in [6.45, 7) is 1.99. The summed E-state index contributed by atoms with van der Waals surface area (Å²) in [7, 11) is 0. The van der Waals surface area contributed by atoms with Gasteiger partial charge in [0, 0.05) is 10.6 Å². The van der Waals surface area contributed by atoms with Crippen molar-refractivity contribution < 1.29 is 4.79 Å². The predicted octanol–water partition coefficient (Wildman–Crippen LogP) is 3.24. The van der Waals surface area contributed by atoms with Crippen molar-refractivity contribution in [2.24, 2.45) is 16.0 Å². The molecule has 0 amide bonds. The van der Waals surface area contributed by atoms with E-state index in [4.69, 9.17) is 17.4 Å². The van der Waals surface area contributed by atoms with Crippen LogP contribution in [-0.2, 0) is 0 Å². The zero-order valence-electron chi connectivity index (χ0n) is 12.0. The Labute approximate surface area is 133 Å². The van der Waals surface area contributed by atoms with Gasteiger partial charge in [0.2, 0.25) is 5.78 Å². The molecule has 0 aliphatic heterocycles. The highest BCUT2D eigenvalue weighted by Crippen LogP contribution is 2.11. The molecule has 0 aliphatic rings. The first-order valence-electron chi connectivity index (χ1n) is 6.54. The molecule has 0 saturated heterocycles. The highest BCUT2D eigenvalue weighted by atomic mass is 35.5. The molecular formula is C16H15ClN4O. The zero-order valence-corrected chi connectivity index (χ0v) is 12.7. The molecule has 2 rings (SSSR count). The standard InChI is InChI=1S/C16H15ClN4O/c1-11-2-8-14(9-3-11)20-21-15(10-19-18)16(22)12-4-6-13(17)7-5-12/h2-10,20H,18H2,1H3/b19-10-,21-15-. The summed E-state index contributed by atoms with van der Waals surface area (Å²) in [5, 5.41) is 8.01. The van der Waals surface area contributed by atoms with Crippen LogP contribution in [0.5, 0.6) is 0 Å². The third kappa shape index (κ3) is 4.17. The van der Waals surface area contributed by atoms with E-state index < -0.39 is 0 Å². The summed E-state index contributed by atoms with van der Waals surface area (Å²) >= 11 is 5.81. The first kappa shape index (κ1) is 15.7. The average molecular weight is 315 g/mol. The number of nitrogens with zero attached hydrogens (tertiary/aromatic N) is 2. The Morgan fingerprint density at radius 1 is 1.14 bits per heavy atom. The summed E-state index contributed by atoms with van der Waals surface area (Å²) in [6.07, 6.45) is 1.21. The lowest BCUT2D eigenvalue weighted by molar-refractivity contribution is 0.106. The molecule has 0 fully saturated rings. The van der Waals surface area contributed by atoms with Crippen LogP contribution in [0.1, 0.15) is 15.9 Å². The smallest absolute Gasteiger partial charge is 0.214 e. The molecule has 5 nitrogen and oxygen atoms in total. The summed E-state index contributed by atoms with van der Waals surface area (Å²) in [6, 6.07) is 14.1. The number of carbonyl (C=O) groups is 1. The molecule has 6 heteroatoms. The van der Waals surface area contributed by atoms with Gasteiger partial charge in [-0.3, -0.25) is 10.2 Å². The van der Waals surface area contributed by atoms with Crippen LogP contribution in [0.4, 0.5) is 5.69 Å². The number of aryl methyl sites for hydroxylation is 1. The maximum Gasteiger partial charge on any atom is 0.214 e. The zero-order chi connectivity index (χ0) is 15.9. The molecule has 0 saturated carbocycles. The molecule has 0 bridgehead atoms. The second-order valence-corrected chi connectivity index (χ2v) is 5.03. The van der Waals surface area contributed by atoms with Crippen molar-refractivity contribution in [3.05, 3.63) is 64.7 Å². The van der Waals surface area contributed by atoms with Gasteiger partial charge in [-0.05, 0) is 43.3 Å². The van der Waals surface area contributed by atoms with Gasteiger partial charge in [-0.2, -0.15) is 10.2 Å². The summed E-state index contributed by atoms with van der Waals surface area (Å²) in [5.41, 5.74) is 5.26. The number of nitrogens with one attached hydrogen (secondary N) is 1. The van der Waals surface area contributed by atoms with Crippen LogP contribution < -0.4 is 11.3 Å². The van der Waals surface area contributed by atoms with Gasteiger partial charge in [-0.25, -0.2) is 0 Å². The summed E-state index contributed by atoms with van der Waals surface area (Å²) in [4.78, 5) is 12.4. The van der Waals surface area contributed by atoms with E-state index in [0.717, 1.165) is 11.3 Å². The maximum absolute atomic E-state index is 12.4. The van der Waals surface area contributed by atoms with E-state index in [1.807, 2.05) is 31.2 Å². The Morgan fingerprint density at radius 3 is 2.36 bits per heavy atom. The monoisotopic (exact) mass is 314 g/mol. The van der Waals surface area contributed by atoms with Gasteiger partial charge in [0.15, 0.2) is 5.71 Å². The molecule has 0 spiro atoms. The van der Waals surface area contributed by atoms with E-state index in [9.17, 15) is 4.79 Å². The number of hydrazone groups is 2. The number of nitrogens with two attached hydrogens (primary N) is 1. The van der Waals surface area contributed by atoms with Gasteiger partial charge in [0.1, 0.15) is 0 Å². The van der Waals surface area contributed by atoms with Crippen molar-refractivity contribution in [3.63, 3.8) is 0 Å². The van der Waals surface area contributed by atoms with Crippen LogP contribution in [0.3, 0.4) is 0 Å². The van der Waals surface area contributed by atoms with Crippen molar-refractivity contribution in [2.45, 2.75) is 6.92 Å². The predicted molar refractivity (Wildman–Crippen MR) is 90.7 cm³/mol. The number of hydrogen-bond donors (Lipinski definition) is 2. The van der Waals surface area contributed by atoms with Crippen molar-refractivity contribution in [1.82, 2.24) is 0 Å². The normalized spacial score (nSPS) is 11.6.